The highest BCUT2D eigenvalue weighted by Crippen LogP contribution is 2.29. The highest BCUT2D eigenvalue weighted by Gasteiger charge is 2.41. The molecule has 0 radical (unpaired) electrons. The molecule has 0 aliphatic heterocycles. The van der Waals surface area contributed by atoms with Gasteiger partial charge in [0.1, 0.15) is 24.2 Å². The van der Waals surface area contributed by atoms with Crippen molar-refractivity contribution in [1.82, 2.24) is 0 Å². The topological polar surface area (TPSA) is 113 Å². The number of ketones is 1. The van der Waals surface area contributed by atoms with Crippen LogP contribution in [0.2, 0.25) is 0 Å². The summed E-state index contributed by atoms with van der Waals surface area (Å²) in [6.45, 7) is 0.00951. The smallest absolute Gasteiger partial charge is 0.303 e. The van der Waals surface area contributed by atoms with Gasteiger partial charge >= 0.3 is 5.97 Å². The number of aliphatic hydroxyl groups excluding tert-OH is 2. The minimum absolute atomic E-state index is 0.0405. The third-order valence-corrected chi connectivity index (χ3v) is 4.58. The van der Waals surface area contributed by atoms with Crippen molar-refractivity contribution in [3.8, 4) is 5.75 Å². The molecule has 1 aliphatic rings. The van der Waals surface area contributed by atoms with E-state index in [2.05, 4.69) is 0 Å². The lowest BCUT2D eigenvalue weighted by Gasteiger charge is -2.22. The second kappa shape index (κ2) is 11.6. The number of carboxylic acid groups (broad SMARTS) is 1. The van der Waals surface area contributed by atoms with Crippen LogP contribution in [0.5, 0.6) is 5.75 Å². The first kappa shape index (κ1) is 22.1. The summed E-state index contributed by atoms with van der Waals surface area (Å²) in [7, 11) is 0. The van der Waals surface area contributed by atoms with Gasteiger partial charge in [-0.3, -0.25) is 9.59 Å². The van der Waals surface area contributed by atoms with Gasteiger partial charge in [0.25, 0.3) is 0 Å². The van der Waals surface area contributed by atoms with Crippen LogP contribution in [0.25, 0.3) is 0 Å². The normalized spacial score (nSPS) is 23.2. The van der Waals surface area contributed by atoms with Crippen LogP contribution in [0, 0.1) is 5.92 Å². The molecule has 1 fully saturated rings. The van der Waals surface area contributed by atoms with Gasteiger partial charge in [-0.1, -0.05) is 30.4 Å². The van der Waals surface area contributed by atoms with Crippen LogP contribution in [0.4, 0.5) is 0 Å². The molecule has 1 aliphatic carbocycles. The Kier molecular flexibility index (Phi) is 9.13. The molecule has 0 amide bonds. The van der Waals surface area contributed by atoms with E-state index in [9.17, 15) is 19.8 Å². The number of aliphatic carboxylic acids is 1. The molecule has 1 saturated carbocycles. The summed E-state index contributed by atoms with van der Waals surface area (Å²) in [5.74, 6) is -0.718. The number of ether oxygens (including phenoxy) is 2. The van der Waals surface area contributed by atoms with Gasteiger partial charge in [0.2, 0.25) is 0 Å². The minimum atomic E-state index is -0.889. The summed E-state index contributed by atoms with van der Waals surface area (Å²) in [5, 5.41) is 28.8. The number of unbranched alkanes of at least 4 members (excludes halogenated alkanes) is 1. The van der Waals surface area contributed by atoms with Crippen molar-refractivity contribution in [1.29, 1.82) is 0 Å². The first-order valence-corrected chi connectivity index (χ1v) is 9.52. The number of Topliss-reactive ketones (excluding diaryl/α,β-unsaturated/α-hetero) is 1. The standard InChI is InChI=1S/C21H28O7/c22-15(13-27-16-8-4-3-5-9-16)14-28-21-17(18(23)12-19(21)24)10-6-1-2-7-11-20(25)26/h1,3-6,8-9,15,17,19,21-22,24H,2,7,10-14H2,(H,25,26). The van der Waals surface area contributed by atoms with Gasteiger partial charge in [-0.05, 0) is 31.4 Å². The van der Waals surface area contributed by atoms with Gasteiger partial charge in [-0.15, -0.1) is 0 Å². The first-order valence-electron chi connectivity index (χ1n) is 9.52. The van der Waals surface area contributed by atoms with Crippen molar-refractivity contribution in [2.45, 2.75) is 50.4 Å². The van der Waals surface area contributed by atoms with Gasteiger partial charge in [-0.2, -0.15) is 0 Å². The molecule has 3 N–H and O–H groups in total. The van der Waals surface area contributed by atoms with Crippen molar-refractivity contribution in [2.75, 3.05) is 13.2 Å². The molecule has 0 saturated heterocycles. The SMILES string of the molecule is O=C(O)CCCC=CCC1C(=O)CC(O)C1OCC(O)COc1ccccc1. The molecule has 0 spiro atoms. The fourth-order valence-electron chi connectivity index (χ4n) is 3.13. The van der Waals surface area contributed by atoms with E-state index in [0.29, 0.717) is 25.0 Å². The number of rotatable bonds is 12. The van der Waals surface area contributed by atoms with Crippen LogP contribution < -0.4 is 4.74 Å². The summed E-state index contributed by atoms with van der Waals surface area (Å²) < 4.78 is 11.1. The number of carbonyl (C=O) groups excluding carboxylic acids is 1. The van der Waals surface area contributed by atoms with Gasteiger partial charge < -0.3 is 24.8 Å². The van der Waals surface area contributed by atoms with Gasteiger partial charge in [-0.25, -0.2) is 0 Å². The summed E-state index contributed by atoms with van der Waals surface area (Å²) in [4.78, 5) is 22.6. The second-order valence-electron chi connectivity index (χ2n) is 6.91. The van der Waals surface area contributed by atoms with Gasteiger partial charge in [0.05, 0.1) is 18.8 Å². The van der Waals surface area contributed by atoms with Gasteiger partial charge in [0.15, 0.2) is 0 Å². The van der Waals surface area contributed by atoms with Crippen LogP contribution in [-0.2, 0) is 14.3 Å². The average Bonchev–Trinajstić information content (AvgIpc) is 2.94. The van der Waals surface area contributed by atoms with Crippen molar-refractivity contribution in [3.05, 3.63) is 42.5 Å². The predicted molar refractivity (Wildman–Crippen MR) is 102 cm³/mol. The zero-order valence-corrected chi connectivity index (χ0v) is 15.8. The Morgan fingerprint density at radius 3 is 2.68 bits per heavy atom. The summed E-state index contributed by atoms with van der Waals surface area (Å²) in [6.07, 6.45) is 2.98. The molecule has 4 unspecified atom stereocenters. The molecule has 4 atom stereocenters. The van der Waals surface area contributed by atoms with Crippen molar-refractivity contribution in [2.24, 2.45) is 5.92 Å². The molecule has 1 aromatic carbocycles. The Hall–Kier alpha value is -2.22. The third-order valence-electron chi connectivity index (χ3n) is 4.58. The van der Waals surface area contributed by atoms with Gasteiger partial charge in [0, 0.05) is 18.8 Å². The lowest BCUT2D eigenvalue weighted by atomic mass is 9.99. The van der Waals surface area contributed by atoms with Crippen LogP contribution >= 0.6 is 0 Å². The third kappa shape index (κ3) is 7.42. The Morgan fingerprint density at radius 2 is 1.96 bits per heavy atom. The maximum atomic E-state index is 12.1. The van der Waals surface area contributed by atoms with Crippen LogP contribution in [0.15, 0.2) is 42.5 Å². The lowest BCUT2D eigenvalue weighted by molar-refractivity contribution is -0.137. The van der Waals surface area contributed by atoms with E-state index in [4.69, 9.17) is 14.6 Å². The fourth-order valence-corrected chi connectivity index (χ4v) is 3.13. The van der Waals surface area contributed by atoms with E-state index < -0.39 is 30.2 Å². The zero-order valence-electron chi connectivity index (χ0n) is 15.8. The Morgan fingerprint density at radius 1 is 1.21 bits per heavy atom. The summed E-state index contributed by atoms with van der Waals surface area (Å²) in [6, 6.07) is 9.10. The largest absolute Gasteiger partial charge is 0.491 e. The molecule has 28 heavy (non-hydrogen) atoms. The number of hydrogen-bond donors (Lipinski definition) is 3. The van der Waals surface area contributed by atoms with E-state index in [1.54, 1.807) is 12.1 Å². The van der Waals surface area contributed by atoms with Crippen LogP contribution in [-0.4, -0.2) is 58.6 Å². The molecule has 0 bridgehead atoms. The molecular formula is C21H28O7. The van der Waals surface area contributed by atoms with Crippen molar-refractivity contribution >= 4 is 11.8 Å². The number of aliphatic hydroxyl groups is 2. The summed E-state index contributed by atoms with van der Waals surface area (Å²) in [5.41, 5.74) is 0. The molecule has 7 nitrogen and oxygen atoms in total. The molecular weight excluding hydrogens is 364 g/mol. The number of carbonyl (C=O) groups is 2. The van der Waals surface area contributed by atoms with E-state index >= 15 is 0 Å². The Bertz CT molecular complexity index is 643. The number of allylic oxidation sites excluding steroid dienone is 2. The first-order chi connectivity index (χ1) is 13.5. The van der Waals surface area contributed by atoms with Crippen LogP contribution in [0.3, 0.4) is 0 Å². The predicted octanol–water partition coefficient (Wildman–Crippen LogP) is 1.96. The number of hydrogen-bond acceptors (Lipinski definition) is 6. The monoisotopic (exact) mass is 392 g/mol. The number of carboxylic acids is 1. The van der Waals surface area contributed by atoms with Crippen molar-refractivity contribution in [3.63, 3.8) is 0 Å². The average molecular weight is 392 g/mol. The molecule has 1 aromatic rings. The van der Waals surface area contributed by atoms with Crippen LogP contribution in [0.1, 0.15) is 32.1 Å². The van der Waals surface area contributed by atoms with E-state index in [1.165, 1.54) is 0 Å². The number of benzene rings is 1. The molecule has 154 valence electrons. The second-order valence-corrected chi connectivity index (χ2v) is 6.91. The molecule has 0 aromatic heterocycles. The number of para-hydroxylation sites is 1. The van der Waals surface area contributed by atoms with E-state index in [-0.39, 0.29) is 31.8 Å². The van der Waals surface area contributed by atoms with Crippen molar-refractivity contribution < 1.29 is 34.4 Å². The Balaban J connectivity index is 1.75. The molecule has 0 heterocycles. The maximum Gasteiger partial charge on any atom is 0.303 e. The quantitative estimate of drug-likeness (QED) is 0.368. The maximum absolute atomic E-state index is 12.1. The Labute approximate surface area is 164 Å². The van der Waals surface area contributed by atoms with E-state index in [1.807, 2.05) is 30.4 Å². The van der Waals surface area contributed by atoms with E-state index in [0.717, 1.165) is 0 Å². The molecule has 7 heteroatoms. The molecule has 2 rings (SSSR count). The zero-order chi connectivity index (χ0) is 20.4. The summed E-state index contributed by atoms with van der Waals surface area (Å²) >= 11 is 0. The minimum Gasteiger partial charge on any atom is -0.491 e. The fraction of sp³-hybridized carbons (Fsp3) is 0.524. The lowest BCUT2D eigenvalue weighted by Crippen LogP contribution is -2.34. The highest BCUT2D eigenvalue weighted by molar-refractivity contribution is 5.85. The highest BCUT2D eigenvalue weighted by atomic mass is 16.5.